The number of anilines is 1. The molecule has 2 amide bonds. The molecular formula is C17H22ClN3O4S. The molecule has 26 heavy (non-hydrogen) atoms. The lowest BCUT2D eigenvalue weighted by Crippen LogP contribution is -2.33. The van der Waals surface area contributed by atoms with E-state index in [4.69, 9.17) is 21.1 Å². The molecule has 0 aromatic heterocycles. The van der Waals surface area contributed by atoms with Gasteiger partial charge in [0, 0.05) is 31.6 Å². The predicted molar refractivity (Wildman–Crippen MR) is 105 cm³/mol. The van der Waals surface area contributed by atoms with E-state index in [9.17, 15) is 9.59 Å². The van der Waals surface area contributed by atoms with E-state index >= 15 is 0 Å². The maximum Gasteiger partial charge on any atom is 0.242 e. The van der Waals surface area contributed by atoms with Crippen LogP contribution in [-0.4, -0.2) is 54.4 Å². The molecule has 0 radical (unpaired) electrons. The van der Waals surface area contributed by atoms with Gasteiger partial charge in [0.05, 0.1) is 24.9 Å². The summed E-state index contributed by atoms with van der Waals surface area (Å²) in [6.07, 6.45) is 0.0385. The Balaban J connectivity index is 2.12. The maximum atomic E-state index is 12.5. The van der Waals surface area contributed by atoms with Gasteiger partial charge in [0.2, 0.25) is 11.8 Å². The van der Waals surface area contributed by atoms with Crippen molar-refractivity contribution in [3.63, 3.8) is 0 Å². The molecule has 2 rings (SSSR count). The molecule has 1 aliphatic rings. The lowest BCUT2D eigenvalue weighted by Gasteiger charge is -2.14. The summed E-state index contributed by atoms with van der Waals surface area (Å²) in [5.41, 5.74) is 0.434. The number of aliphatic imine (C=N–C) groups is 1. The summed E-state index contributed by atoms with van der Waals surface area (Å²) in [7, 11) is 2.97. The van der Waals surface area contributed by atoms with E-state index in [1.807, 2.05) is 13.8 Å². The van der Waals surface area contributed by atoms with Crippen LogP contribution in [-0.2, 0) is 9.59 Å². The highest BCUT2D eigenvalue weighted by Gasteiger charge is 2.38. The number of hydrogen-bond donors (Lipinski definition) is 1. The van der Waals surface area contributed by atoms with Gasteiger partial charge in [-0.05, 0) is 13.8 Å². The van der Waals surface area contributed by atoms with Crippen molar-refractivity contribution in [3.05, 3.63) is 17.2 Å². The van der Waals surface area contributed by atoms with E-state index < -0.39 is 5.25 Å². The molecule has 1 aromatic rings. The van der Waals surface area contributed by atoms with Crippen molar-refractivity contribution in [3.8, 4) is 11.5 Å². The molecule has 0 spiro atoms. The molecule has 142 valence electrons. The van der Waals surface area contributed by atoms with Gasteiger partial charge >= 0.3 is 0 Å². The lowest BCUT2D eigenvalue weighted by molar-refractivity contribution is -0.128. The Kier molecular flexibility index (Phi) is 7.16. The first-order chi connectivity index (χ1) is 12.4. The Morgan fingerprint density at radius 1 is 1.31 bits per heavy atom. The van der Waals surface area contributed by atoms with Crippen LogP contribution in [0.5, 0.6) is 11.5 Å². The number of methoxy groups -OCH3 is 2. The standard InChI is InChI=1S/C17H22ClN3O4S/c1-5-19-17-21(6-2)16(23)14(26-17)9-15(22)20-11-8-12(24-3)10(18)7-13(11)25-4/h7-8,14H,5-6,9H2,1-4H3,(H,20,22)/t14-/m0/s1. The third-order valence-electron chi connectivity index (χ3n) is 3.75. The Bertz CT molecular complexity index is 726. The fourth-order valence-electron chi connectivity index (χ4n) is 2.52. The molecule has 1 saturated heterocycles. The Hall–Kier alpha value is -1.93. The summed E-state index contributed by atoms with van der Waals surface area (Å²) < 4.78 is 10.4. The summed E-state index contributed by atoms with van der Waals surface area (Å²) in [6, 6.07) is 3.15. The zero-order chi connectivity index (χ0) is 19.3. The number of carbonyl (C=O) groups excluding carboxylic acids is 2. The van der Waals surface area contributed by atoms with E-state index in [1.54, 1.807) is 17.0 Å². The van der Waals surface area contributed by atoms with Gasteiger partial charge in [0.1, 0.15) is 16.7 Å². The van der Waals surface area contributed by atoms with Gasteiger partial charge < -0.3 is 14.8 Å². The first-order valence-corrected chi connectivity index (χ1v) is 9.44. The summed E-state index contributed by atoms with van der Waals surface area (Å²) in [4.78, 5) is 30.9. The monoisotopic (exact) mass is 399 g/mol. The molecule has 1 aliphatic heterocycles. The minimum Gasteiger partial charge on any atom is -0.495 e. The molecule has 7 nitrogen and oxygen atoms in total. The molecule has 1 fully saturated rings. The average molecular weight is 400 g/mol. The van der Waals surface area contributed by atoms with Crippen molar-refractivity contribution in [2.45, 2.75) is 25.5 Å². The molecule has 0 aliphatic carbocycles. The minimum absolute atomic E-state index is 0.0385. The zero-order valence-electron chi connectivity index (χ0n) is 15.2. The number of amidine groups is 1. The average Bonchev–Trinajstić information content (AvgIpc) is 2.90. The Morgan fingerprint density at radius 2 is 2.00 bits per heavy atom. The van der Waals surface area contributed by atoms with E-state index in [-0.39, 0.29) is 18.2 Å². The summed E-state index contributed by atoms with van der Waals surface area (Å²) in [5.74, 6) is 0.439. The largest absolute Gasteiger partial charge is 0.495 e. The van der Waals surface area contributed by atoms with Gasteiger partial charge in [-0.3, -0.25) is 19.5 Å². The number of hydrogen-bond acceptors (Lipinski definition) is 6. The van der Waals surface area contributed by atoms with Gasteiger partial charge in [-0.25, -0.2) is 0 Å². The van der Waals surface area contributed by atoms with Gasteiger partial charge in [-0.2, -0.15) is 0 Å². The highest BCUT2D eigenvalue weighted by molar-refractivity contribution is 8.15. The van der Waals surface area contributed by atoms with Crippen LogP contribution in [0, 0.1) is 0 Å². The van der Waals surface area contributed by atoms with Crippen LogP contribution in [0.1, 0.15) is 20.3 Å². The molecule has 1 atom stereocenters. The van der Waals surface area contributed by atoms with Crippen LogP contribution in [0.15, 0.2) is 17.1 Å². The van der Waals surface area contributed by atoms with E-state index in [1.165, 1.54) is 26.0 Å². The minimum atomic E-state index is -0.486. The lowest BCUT2D eigenvalue weighted by atomic mass is 10.2. The number of nitrogens with zero attached hydrogens (tertiary/aromatic N) is 2. The van der Waals surface area contributed by atoms with Crippen LogP contribution >= 0.6 is 23.4 Å². The van der Waals surface area contributed by atoms with Crippen molar-refractivity contribution in [2.24, 2.45) is 4.99 Å². The fourth-order valence-corrected chi connectivity index (χ4v) is 4.01. The first-order valence-electron chi connectivity index (χ1n) is 8.18. The topological polar surface area (TPSA) is 80.2 Å². The Morgan fingerprint density at radius 3 is 2.58 bits per heavy atom. The quantitative estimate of drug-likeness (QED) is 0.762. The summed E-state index contributed by atoms with van der Waals surface area (Å²) in [5, 5.41) is 3.33. The fraction of sp³-hybridized carbons (Fsp3) is 0.471. The third kappa shape index (κ3) is 4.42. The van der Waals surface area contributed by atoms with Crippen LogP contribution in [0.25, 0.3) is 0 Å². The van der Waals surface area contributed by atoms with Gasteiger partial charge in [0.15, 0.2) is 5.17 Å². The SMILES string of the molecule is CCN=C1S[C@@H](CC(=O)Nc2cc(OC)c(Cl)cc2OC)C(=O)N1CC. The van der Waals surface area contributed by atoms with Crippen molar-refractivity contribution in [2.75, 3.05) is 32.6 Å². The number of thioether (sulfide) groups is 1. The van der Waals surface area contributed by atoms with Gasteiger partial charge in [-0.1, -0.05) is 23.4 Å². The maximum absolute atomic E-state index is 12.5. The first kappa shape index (κ1) is 20.4. The van der Waals surface area contributed by atoms with Crippen molar-refractivity contribution in [1.82, 2.24) is 4.90 Å². The zero-order valence-corrected chi connectivity index (χ0v) is 16.7. The molecule has 0 saturated carbocycles. The molecule has 1 N–H and O–H groups in total. The van der Waals surface area contributed by atoms with Crippen molar-refractivity contribution in [1.29, 1.82) is 0 Å². The van der Waals surface area contributed by atoms with Gasteiger partial charge in [-0.15, -0.1) is 0 Å². The Labute approximate surface area is 162 Å². The number of nitrogens with one attached hydrogen (secondary N) is 1. The summed E-state index contributed by atoms with van der Waals surface area (Å²) in [6.45, 7) is 4.92. The molecule has 0 bridgehead atoms. The number of carbonyl (C=O) groups is 2. The van der Waals surface area contributed by atoms with Crippen LogP contribution < -0.4 is 14.8 Å². The van der Waals surface area contributed by atoms with Crippen LogP contribution in [0.4, 0.5) is 5.69 Å². The van der Waals surface area contributed by atoms with Crippen molar-refractivity contribution >= 4 is 46.0 Å². The number of amides is 2. The highest BCUT2D eigenvalue weighted by atomic mass is 35.5. The van der Waals surface area contributed by atoms with Crippen LogP contribution in [0.2, 0.25) is 5.02 Å². The van der Waals surface area contributed by atoms with Crippen molar-refractivity contribution < 1.29 is 19.1 Å². The molecule has 0 unspecified atom stereocenters. The number of rotatable bonds is 7. The number of halogens is 1. The normalized spacial score (nSPS) is 18.3. The second-order valence-corrected chi connectivity index (χ2v) is 6.96. The molecular weight excluding hydrogens is 378 g/mol. The van der Waals surface area contributed by atoms with E-state index in [2.05, 4.69) is 10.3 Å². The second kappa shape index (κ2) is 9.14. The smallest absolute Gasteiger partial charge is 0.242 e. The highest BCUT2D eigenvalue weighted by Crippen LogP contribution is 2.36. The predicted octanol–water partition coefficient (Wildman–Crippen LogP) is 3.03. The van der Waals surface area contributed by atoms with E-state index in [0.29, 0.717) is 40.5 Å². The third-order valence-corrected chi connectivity index (χ3v) is 5.26. The molecule has 9 heteroatoms. The molecule has 1 aromatic carbocycles. The second-order valence-electron chi connectivity index (χ2n) is 5.39. The summed E-state index contributed by atoms with van der Waals surface area (Å²) >= 11 is 7.39. The van der Waals surface area contributed by atoms with E-state index in [0.717, 1.165) is 0 Å². The number of ether oxygens (including phenoxy) is 2. The van der Waals surface area contributed by atoms with Gasteiger partial charge in [0.25, 0.3) is 0 Å². The number of benzene rings is 1. The molecule has 1 heterocycles. The van der Waals surface area contributed by atoms with Crippen LogP contribution in [0.3, 0.4) is 0 Å².